The Kier molecular flexibility index (Phi) is 5.89. The fraction of sp³-hybridized carbons (Fsp3) is 0.353. The number of rotatable bonds is 8. The number of carbonyl (C=O) groups is 2. The van der Waals surface area contributed by atoms with Gasteiger partial charge in [0, 0.05) is 18.2 Å². The van der Waals surface area contributed by atoms with Gasteiger partial charge >= 0.3 is 5.97 Å². The smallest absolute Gasteiger partial charge is 0.303 e. The van der Waals surface area contributed by atoms with Gasteiger partial charge in [-0.15, -0.1) is 0 Å². The maximum absolute atomic E-state index is 12.3. The van der Waals surface area contributed by atoms with Gasteiger partial charge in [0.05, 0.1) is 11.3 Å². The molecule has 2 rings (SSSR count). The van der Waals surface area contributed by atoms with Crippen molar-refractivity contribution in [3.8, 4) is 0 Å². The molecule has 9 nitrogen and oxygen atoms in total. The maximum Gasteiger partial charge on any atom is 0.303 e. The molecule has 0 atom stereocenters. The highest BCUT2D eigenvalue weighted by molar-refractivity contribution is 7.92. The summed E-state index contributed by atoms with van der Waals surface area (Å²) in [6.45, 7) is 5.02. The molecule has 0 radical (unpaired) electrons. The molecule has 1 amide bonds. The van der Waals surface area contributed by atoms with Crippen LogP contribution in [0.15, 0.2) is 39.8 Å². The van der Waals surface area contributed by atoms with Gasteiger partial charge in [-0.25, -0.2) is 8.42 Å². The lowest BCUT2D eigenvalue weighted by molar-refractivity contribution is -0.139. The van der Waals surface area contributed by atoms with E-state index in [9.17, 15) is 18.0 Å². The normalized spacial score (nSPS) is 11.8. The van der Waals surface area contributed by atoms with Gasteiger partial charge < -0.3 is 14.9 Å². The van der Waals surface area contributed by atoms with E-state index in [-0.39, 0.29) is 29.5 Å². The Morgan fingerprint density at radius 2 is 1.81 bits per heavy atom. The third-order valence-corrected chi connectivity index (χ3v) is 4.95. The van der Waals surface area contributed by atoms with Crippen LogP contribution in [0.2, 0.25) is 0 Å². The molecule has 0 saturated carbocycles. The summed E-state index contributed by atoms with van der Waals surface area (Å²) in [5.74, 6) is -0.785. The van der Waals surface area contributed by atoms with Crippen LogP contribution in [0, 0.1) is 12.3 Å². The van der Waals surface area contributed by atoms with Crippen molar-refractivity contribution in [2.75, 3.05) is 10.0 Å². The molecule has 2 aromatic rings. The van der Waals surface area contributed by atoms with E-state index in [0.717, 1.165) is 0 Å². The minimum atomic E-state index is -3.84. The van der Waals surface area contributed by atoms with Crippen molar-refractivity contribution < 1.29 is 27.6 Å². The topological polar surface area (TPSA) is 139 Å². The van der Waals surface area contributed by atoms with Crippen molar-refractivity contribution in [2.45, 2.75) is 38.5 Å². The molecule has 0 saturated heterocycles. The molecule has 146 valence electrons. The van der Waals surface area contributed by atoms with Crippen LogP contribution in [0.25, 0.3) is 0 Å². The quantitative estimate of drug-likeness (QED) is 0.624. The zero-order valence-corrected chi connectivity index (χ0v) is 16.0. The molecule has 0 aliphatic rings. The van der Waals surface area contributed by atoms with Crippen LogP contribution < -0.4 is 10.0 Å². The van der Waals surface area contributed by atoms with Crippen LogP contribution >= 0.6 is 0 Å². The summed E-state index contributed by atoms with van der Waals surface area (Å²) in [5.41, 5.74) is -0.291. The Morgan fingerprint density at radius 3 is 2.33 bits per heavy atom. The molecule has 0 bridgehead atoms. The van der Waals surface area contributed by atoms with Crippen molar-refractivity contribution in [1.29, 1.82) is 0 Å². The molecule has 0 aliphatic heterocycles. The van der Waals surface area contributed by atoms with Crippen LogP contribution in [-0.2, 0) is 19.6 Å². The summed E-state index contributed by atoms with van der Waals surface area (Å²) in [4.78, 5) is 22.9. The summed E-state index contributed by atoms with van der Waals surface area (Å²) in [6.07, 6.45) is -0.114. The Labute approximate surface area is 156 Å². The van der Waals surface area contributed by atoms with Crippen LogP contribution in [0.5, 0.6) is 0 Å². The zero-order valence-electron chi connectivity index (χ0n) is 15.1. The fourth-order valence-electron chi connectivity index (χ4n) is 2.44. The number of hydrogen-bond acceptors (Lipinski definition) is 6. The molecule has 1 aromatic carbocycles. The van der Waals surface area contributed by atoms with Crippen LogP contribution in [0.3, 0.4) is 0 Å². The third kappa shape index (κ3) is 6.10. The van der Waals surface area contributed by atoms with Crippen molar-refractivity contribution in [3.63, 3.8) is 0 Å². The molecular weight excluding hydrogens is 374 g/mol. The number of carboxylic acids is 1. The van der Waals surface area contributed by atoms with E-state index >= 15 is 0 Å². The average molecular weight is 395 g/mol. The first kappa shape index (κ1) is 20.4. The monoisotopic (exact) mass is 395 g/mol. The number of anilines is 2. The minimum absolute atomic E-state index is 0.00707. The number of aryl methyl sites for hydroxylation is 1. The van der Waals surface area contributed by atoms with E-state index in [1.165, 1.54) is 30.3 Å². The summed E-state index contributed by atoms with van der Waals surface area (Å²) < 4.78 is 31.7. The maximum atomic E-state index is 12.3. The van der Waals surface area contributed by atoms with Gasteiger partial charge in [-0.3, -0.25) is 14.3 Å². The highest BCUT2D eigenvalue weighted by Gasteiger charge is 2.25. The number of benzene rings is 1. The summed E-state index contributed by atoms with van der Waals surface area (Å²) in [6, 6.07) is 7.03. The first-order valence-electron chi connectivity index (χ1n) is 8.05. The number of amides is 1. The number of aliphatic carboxylic acids is 1. The molecule has 0 spiro atoms. The Bertz CT molecular complexity index is 932. The minimum Gasteiger partial charge on any atom is -0.481 e. The number of hydrogen-bond donors (Lipinski definition) is 3. The number of carbonyl (C=O) groups excluding carboxylic acids is 1. The average Bonchev–Trinajstić information content (AvgIpc) is 2.89. The number of aromatic nitrogens is 1. The van der Waals surface area contributed by atoms with Gasteiger partial charge in [0.25, 0.3) is 10.0 Å². The van der Waals surface area contributed by atoms with E-state index in [4.69, 9.17) is 9.63 Å². The molecule has 0 unspecified atom stereocenters. The molecule has 0 fully saturated rings. The first-order chi connectivity index (χ1) is 12.5. The van der Waals surface area contributed by atoms with Gasteiger partial charge in [0.1, 0.15) is 5.76 Å². The van der Waals surface area contributed by atoms with E-state index in [1.807, 2.05) is 0 Å². The lowest BCUT2D eigenvalue weighted by atomic mass is 9.85. The van der Waals surface area contributed by atoms with E-state index in [0.29, 0.717) is 11.4 Å². The SMILES string of the molecule is Cc1cc(NS(=O)(=O)c2ccc(NC(=O)CC(C)(C)CC(=O)O)cc2)no1. The van der Waals surface area contributed by atoms with Crippen molar-refractivity contribution in [2.24, 2.45) is 5.41 Å². The van der Waals surface area contributed by atoms with Gasteiger partial charge in [0.2, 0.25) is 5.91 Å². The number of nitrogens with one attached hydrogen (secondary N) is 2. The van der Waals surface area contributed by atoms with E-state index in [2.05, 4.69) is 15.2 Å². The first-order valence-corrected chi connectivity index (χ1v) is 9.53. The molecule has 1 aromatic heterocycles. The highest BCUT2D eigenvalue weighted by Crippen LogP contribution is 2.26. The molecule has 0 aliphatic carbocycles. The predicted octanol–water partition coefficient (Wildman–Crippen LogP) is 2.61. The number of nitrogens with zero attached hydrogens (tertiary/aromatic N) is 1. The predicted molar refractivity (Wildman–Crippen MR) is 97.8 cm³/mol. The van der Waals surface area contributed by atoms with Gasteiger partial charge in [0.15, 0.2) is 5.82 Å². The van der Waals surface area contributed by atoms with Crippen molar-refractivity contribution >= 4 is 33.4 Å². The largest absolute Gasteiger partial charge is 0.481 e. The van der Waals surface area contributed by atoms with E-state index in [1.54, 1.807) is 20.8 Å². The molecular formula is C17H21N3O6S. The summed E-state index contributed by atoms with van der Waals surface area (Å²) >= 11 is 0. The zero-order chi connectivity index (χ0) is 20.2. The molecule has 1 heterocycles. The lowest BCUT2D eigenvalue weighted by Crippen LogP contribution is -2.24. The van der Waals surface area contributed by atoms with Crippen LogP contribution in [0.4, 0.5) is 11.5 Å². The van der Waals surface area contributed by atoms with Gasteiger partial charge in [-0.1, -0.05) is 19.0 Å². The van der Waals surface area contributed by atoms with Crippen LogP contribution in [0.1, 0.15) is 32.4 Å². The second kappa shape index (κ2) is 7.78. The van der Waals surface area contributed by atoms with Gasteiger partial charge in [-0.2, -0.15) is 0 Å². The van der Waals surface area contributed by atoms with Gasteiger partial charge in [-0.05, 0) is 36.6 Å². The third-order valence-electron chi connectivity index (χ3n) is 3.58. The Balaban J connectivity index is 2.02. The Hall–Kier alpha value is -2.88. The number of carboxylic acid groups (broad SMARTS) is 1. The molecule has 3 N–H and O–H groups in total. The molecule has 27 heavy (non-hydrogen) atoms. The summed E-state index contributed by atoms with van der Waals surface area (Å²) in [5, 5.41) is 15.1. The second-order valence-corrected chi connectivity index (χ2v) is 8.59. The highest BCUT2D eigenvalue weighted by atomic mass is 32.2. The second-order valence-electron chi connectivity index (χ2n) is 6.91. The van der Waals surface area contributed by atoms with Crippen molar-refractivity contribution in [1.82, 2.24) is 5.16 Å². The van der Waals surface area contributed by atoms with E-state index < -0.39 is 21.4 Å². The number of sulfonamides is 1. The fourth-order valence-corrected chi connectivity index (χ4v) is 3.42. The summed E-state index contributed by atoms with van der Waals surface area (Å²) in [7, 11) is -3.84. The lowest BCUT2D eigenvalue weighted by Gasteiger charge is -2.21. The van der Waals surface area contributed by atoms with Crippen LogP contribution in [-0.4, -0.2) is 30.6 Å². The standard InChI is InChI=1S/C17H21N3O6S/c1-11-8-14(19-26-11)20-27(24,25)13-6-4-12(5-7-13)18-15(21)9-17(2,3)10-16(22)23/h4-8H,9-10H2,1-3H3,(H,18,21)(H,19,20)(H,22,23). The van der Waals surface area contributed by atoms with Crippen molar-refractivity contribution in [3.05, 3.63) is 36.1 Å². The molecule has 10 heteroatoms. The Morgan fingerprint density at radius 1 is 1.19 bits per heavy atom.